The van der Waals surface area contributed by atoms with Gasteiger partial charge in [-0.15, -0.1) is 0 Å². The maximum absolute atomic E-state index is 12.5. The molecule has 1 aliphatic heterocycles. The van der Waals surface area contributed by atoms with Gasteiger partial charge in [0.15, 0.2) is 5.78 Å². The second kappa shape index (κ2) is 8.94. The zero-order chi connectivity index (χ0) is 19.3. The molecule has 1 aromatic carbocycles. The number of nitrogens with zero attached hydrogens (tertiary/aromatic N) is 3. The van der Waals surface area contributed by atoms with Gasteiger partial charge in [-0.1, -0.05) is 18.2 Å². The molecule has 0 aromatic heterocycles. The largest absolute Gasteiger partial charge is 0.350 e. The fourth-order valence-electron chi connectivity index (χ4n) is 3.30. The van der Waals surface area contributed by atoms with Crippen LogP contribution in [-0.2, 0) is 9.59 Å². The third-order valence-electron chi connectivity index (χ3n) is 4.64. The maximum atomic E-state index is 12.5. The molecule has 0 saturated heterocycles. The molecule has 0 bridgehead atoms. The summed E-state index contributed by atoms with van der Waals surface area (Å²) in [5.41, 5.74) is 1.23. The minimum atomic E-state index is -0.416. The summed E-state index contributed by atoms with van der Waals surface area (Å²) < 4.78 is 0. The van der Waals surface area contributed by atoms with Gasteiger partial charge in [0, 0.05) is 31.6 Å². The number of hydrazone groups is 1. The molecule has 0 fully saturated rings. The maximum Gasteiger partial charge on any atom is 0.267 e. The summed E-state index contributed by atoms with van der Waals surface area (Å²) >= 11 is 0. The molecule has 1 N–H and O–H groups in total. The Labute approximate surface area is 156 Å². The van der Waals surface area contributed by atoms with E-state index in [4.69, 9.17) is 0 Å². The van der Waals surface area contributed by atoms with Crippen LogP contribution in [-0.4, -0.2) is 53.5 Å². The number of rotatable bonds is 8. The lowest BCUT2D eigenvalue weighted by molar-refractivity contribution is -0.118. The molecule has 142 valence electrons. The number of anilines is 1. The summed E-state index contributed by atoms with van der Waals surface area (Å²) in [7, 11) is 0. The predicted molar refractivity (Wildman–Crippen MR) is 105 cm³/mol. The topological polar surface area (TPSA) is 65.0 Å². The number of hydrogen-bond donors (Lipinski definition) is 1. The summed E-state index contributed by atoms with van der Waals surface area (Å²) in [4.78, 5) is 26.8. The predicted octanol–water partition coefficient (Wildman–Crippen LogP) is 2.45. The van der Waals surface area contributed by atoms with Crippen molar-refractivity contribution < 1.29 is 9.59 Å². The highest BCUT2D eigenvalue weighted by atomic mass is 16.2. The van der Waals surface area contributed by atoms with Crippen LogP contribution in [0.1, 0.15) is 41.0 Å². The summed E-state index contributed by atoms with van der Waals surface area (Å²) in [6, 6.07) is 9.92. The summed E-state index contributed by atoms with van der Waals surface area (Å²) in [6.45, 7) is 11.5. The monoisotopic (exact) mass is 358 g/mol. The van der Waals surface area contributed by atoms with Gasteiger partial charge in [0.05, 0.1) is 5.69 Å². The minimum Gasteiger partial charge on any atom is -0.350 e. The van der Waals surface area contributed by atoms with E-state index >= 15 is 0 Å². The van der Waals surface area contributed by atoms with E-state index in [9.17, 15) is 9.59 Å². The van der Waals surface area contributed by atoms with Crippen LogP contribution < -0.4 is 10.3 Å². The molecular formula is C20H30N4O2. The summed E-state index contributed by atoms with van der Waals surface area (Å²) in [5.74, 6) is -0.187. The van der Waals surface area contributed by atoms with Gasteiger partial charge in [0.1, 0.15) is 11.8 Å². The number of carbonyl (C=O) groups is 2. The number of amides is 1. The van der Waals surface area contributed by atoms with E-state index in [1.54, 1.807) is 11.9 Å². The molecule has 2 rings (SSSR count). The first-order valence-electron chi connectivity index (χ1n) is 9.27. The van der Waals surface area contributed by atoms with Crippen LogP contribution in [0.4, 0.5) is 5.69 Å². The van der Waals surface area contributed by atoms with Gasteiger partial charge in [-0.3, -0.25) is 19.5 Å². The Bertz CT molecular complexity index is 647. The number of ketones is 1. The molecule has 1 atom stereocenters. The van der Waals surface area contributed by atoms with Crippen molar-refractivity contribution in [2.75, 3.05) is 18.1 Å². The zero-order valence-electron chi connectivity index (χ0n) is 16.4. The average molecular weight is 358 g/mol. The molecule has 1 heterocycles. The van der Waals surface area contributed by atoms with E-state index in [0.29, 0.717) is 30.8 Å². The first-order valence-corrected chi connectivity index (χ1v) is 9.27. The van der Waals surface area contributed by atoms with E-state index < -0.39 is 6.04 Å². The van der Waals surface area contributed by atoms with Gasteiger partial charge in [0.25, 0.3) is 5.91 Å². The minimum absolute atomic E-state index is 0.00573. The van der Waals surface area contributed by atoms with Crippen molar-refractivity contribution in [2.24, 2.45) is 5.10 Å². The van der Waals surface area contributed by atoms with Crippen LogP contribution in [0, 0.1) is 0 Å². The van der Waals surface area contributed by atoms with Gasteiger partial charge in [0.2, 0.25) is 0 Å². The van der Waals surface area contributed by atoms with E-state index in [1.807, 2.05) is 30.3 Å². The van der Waals surface area contributed by atoms with Gasteiger partial charge in [-0.25, -0.2) is 0 Å². The third kappa shape index (κ3) is 4.91. The van der Waals surface area contributed by atoms with Crippen LogP contribution in [0.3, 0.4) is 0 Å². The molecule has 26 heavy (non-hydrogen) atoms. The Morgan fingerprint density at radius 1 is 1.19 bits per heavy atom. The number of Topliss-reactive ketones (excluding diaryl/α,β-unsaturated/α-hetero) is 1. The SMILES string of the molecule is CC(=O)C1CC(C(=O)NCCN(C(C)C)C(C)C)=NN1c1ccccc1. The average Bonchev–Trinajstić information content (AvgIpc) is 3.04. The summed E-state index contributed by atoms with van der Waals surface area (Å²) in [6.07, 6.45) is 0.341. The molecule has 0 aliphatic carbocycles. The molecule has 1 aromatic rings. The zero-order valence-corrected chi connectivity index (χ0v) is 16.4. The number of carbonyl (C=O) groups excluding carboxylic acids is 2. The molecule has 0 saturated carbocycles. The lowest BCUT2D eigenvalue weighted by Gasteiger charge is -2.30. The lowest BCUT2D eigenvalue weighted by atomic mass is 10.1. The second-order valence-electron chi connectivity index (χ2n) is 7.24. The number of nitrogens with one attached hydrogen (secondary N) is 1. The van der Waals surface area contributed by atoms with Gasteiger partial charge >= 0.3 is 0 Å². The van der Waals surface area contributed by atoms with Gasteiger partial charge < -0.3 is 5.32 Å². The van der Waals surface area contributed by atoms with Crippen molar-refractivity contribution in [1.29, 1.82) is 0 Å². The molecule has 0 radical (unpaired) electrons. The fourth-order valence-corrected chi connectivity index (χ4v) is 3.30. The smallest absolute Gasteiger partial charge is 0.267 e. The Morgan fingerprint density at radius 2 is 1.81 bits per heavy atom. The van der Waals surface area contributed by atoms with E-state index in [-0.39, 0.29) is 11.7 Å². The molecule has 0 spiro atoms. The first-order chi connectivity index (χ1) is 12.3. The molecule has 1 unspecified atom stereocenters. The normalized spacial score (nSPS) is 17.2. The number of hydrogen-bond acceptors (Lipinski definition) is 5. The molecule has 6 nitrogen and oxygen atoms in total. The Hall–Kier alpha value is -2.21. The fraction of sp³-hybridized carbons (Fsp3) is 0.550. The van der Waals surface area contributed by atoms with Crippen molar-refractivity contribution in [2.45, 2.75) is 59.2 Å². The highest BCUT2D eigenvalue weighted by Crippen LogP contribution is 2.24. The van der Waals surface area contributed by atoms with Crippen LogP contribution in [0.2, 0.25) is 0 Å². The number of para-hydroxylation sites is 1. The van der Waals surface area contributed by atoms with Crippen molar-refractivity contribution in [3.63, 3.8) is 0 Å². The van der Waals surface area contributed by atoms with Crippen molar-refractivity contribution in [3.8, 4) is 0 Å². The van der Waals surface area contributed by atoms with Crippen LogP contribution in [0.15, 0.2) is 35.4 Å². The highest BCUT2D eigenvalue weighted by Gasteiger charge is 2.34. The van der Waals surface area contributed by atoms with Crippen LogP contribution in [0.5, 0.6) is 0 Å². The van der Waals surface area contributed by atoms with E-state index in [1.165, 1.54) is 0 Å². The number of benzene rings is 1. The highest BCUT2D eigenvalue weighted by molar-refractivity contribution is 6.40. The quantitative estimate of drug-likeness (QED) is 0.775. The Balaban J connectivity index is 2.01. The molecule has 6 heteroatoms. The van der Waals surface area contributed by atoms with Crippen molar-refractivity contribution in [1.82, 2.24) is 10.2 Å². The van der Waals surface area contributed by atoms with Crippen LogP contribution >= 0.6 is 0 Å². The van der Waals surface area contributed by atoms with E-state index in [2.05, 4.69) is 43.0 Å². The molecule has 1 aliphatic rings. The molecular weight excluding hydrogens is 328 g/mol. The van der Waals surface area contributed by atoms with E-state index in [0.717, 1.165) is 12.2 Å². The standard InChI is InChI=1S/C20H30N4O2/c1-14(2)23(15(3)4)12-11-21-20(26)18-13-19(16(5)25)24(22-18)17-9-7-6-8-10-17/h6-10,14-15,19H,11-13H2,1-5H3,(H,21,26). The first kappa shape index (κ1) is 20.1. The lowest BCUT2D eigenvalue weighted by Crippen LogP contribution is -2.43. The van der Waals surface area contributed by atoms with Crippen molar-refractivity contribution >= 4 is 23.1 Å². The van der Waals surface area contributed by atoms with Gasteiger partial charge in [-0.2, -0.15) is 5.10 Å². The third-order valence-corrected chi connectivity index (χ3v) is 4.64. The Kier molecular flexibility index (Phi) is 6.91. The van der Waals surface area contributed by atoms with Crippen molar-refractivity contribution in [3.05, 3.63) is 30.3 Å². The Morgan fingerprint density at radius 3 is 2.35 bits per heavy atom. The second-order valence-corrected chi connectivity index (χ2v) is 7.24. The van der Waals surface area contributed by atoms with Crippen LogP contribution in [0.25, 0.3) is 0 Å². The molecule has 1 amide bonds. The van der Waals surface area contributed by atoms with Gasteiger partial charge in [-0.05, 0) is 46.8 Å². The summed E-state index contributed by atoms with van der Waals surface area (Å²) in [5, 5.41) is 9.04.